The fourth-order valence-electron chi connectivity index (χ4n) is 5.02. The summed E-state index contributed by atoms with van der Waals surface area (Å²) in [6.45, 7) is 2.26. The van der Waals surface area contributed by atoms with Crippen molar-refractivity contribution in [1.82, 2.24) is 14.9 Å². The van der Waals surface area contributed by atoms with Gasteiger partial charge >= 0.3 is 5.97 Å². The lowest BCUT2D eigenvalue weighted by molar-refractivity contribution is -0.146. The molecule has 1 fully saturated rings. The number of methoxy groups -OCH3 is 1. The van der Waals surface area contributed by atoms with Gasteiger partial charge < -0.3 is 14.7 Å². The van der Waals surface area contributed by atoms with Crippen molar-refractivity contribution in [3.63, 3.8) is 0 Å². The predicted octanol–water partition coefficient (Wildman–Crippen LogP) is 5.08. The molecule has 0 aliphatic carbocycles. The van der Waals surface area contributed by atoms with Gasteiger partial charge in [-0.25, -0.2) is 4.39 Å². The first-order valence-electron chi connectivity index (χ1n) is 12.0. The molecular formula is C27H32FN3O3. The van der Waals surface area contributed by atoms with Crippen LogP contribution in [0.15, 0.2) is 55.0 Å². The third-order valence-corrected chi connectivity index (χ3v) is 6.96. The number of fused-ring (bicyclic) bond motifs is 1. The number of aliphatic carboxylic acids is 1. The molecule has 0 spiro atoms. The summed E-state index contributed by atoms with van der Waals surface area (Å²) in [5.74, 6) is -0.597. The van der Waals surface area contributed by atoms with Gasteiger partial charge in [-0.15, -0.1) is 0 Å². The average Bonchev–Trinajstić information content (AvgIpc) is 2.87. The highest BCUT2D eigenvalue weighted by Crippen LogP contribution is 2.35. The van der Waals surface area contributed by atoms with Crippen LogP contribution in [0.25, 0.3) is 10.9 Å². The van der Waals surface area contributed by atoms with Crippen LogP contribution in [-0.4, -0.2) is 52.7 Å². The van der Waals surface area contributed by atoms with Crippen molar-refractivity contribution in [1.29, 1.82) is 0 Å². The third kappa shape index (κ3) is 5.89. The molecule has 1 N–H and O–H groups in total. The molecule has 180 valence electrons. The number of carbonyl (C=O) groups is 1. The molecule has 0 bridgehead atoms. The maximum atomic E-state index is 15.4. The topological polar surface area (TPSA) is 75.5 Å². The number of carboxylic acids is 1. The van der Waals surface area contributed by atoms with Crippen LogP contribution >= 0.6 is 0 Å². The largest absolute Gasteiger partial charge is 0.497 e. The SMILES string of the molecule is COc1ccc2nccc(C(F)CC[C@@H]3CCN(CCCc4ccncc4)C[C@@H]3C(=O)O)c2c1. The zero-order valence-electron chi connectivity index (χ0n) is 19.6. The van der Waals surface area contributed by atoms with Gasteiger partial charge in [0, 0.05) is 30.5 Å². The van der Waals surface area contributed by atoms with E-state index in [1.807, 2.05) is 30.3 Å². The second kappa shape index (κ2) is 11.4. The summed E-state index contributed by atoms with van der Waals surface area (Å²) < 4.78 is 20.7. The Hall–Kier alpha value is -3.06. The second-order valence-electron chi connectivity index (χ2n) is 9.08. The lowest BCUT2D eigenvalue weighted by Gasteiger charge is -2.37. The highest BCUT2D eigenvalue weighted by atomic mass is 19.1. The summed E-state index contributed by atoms with van der Waals surface area (Å²) in [7, 11) is 1.59. The Kier molecular flexibility index (Phi) is 8.06. The van der Waals surface area contributed by atoms with Gasteiger partial charge in [-0.2, -0.15) is 0 Å². The van der Waals surface area contributed by atoms with E-state index in [9.17, 15) is 9.90 Å². The van der Waals surface area contributed by atoms with E-state index in [1.165, 1.54) is 5.56 Å². The molecule has 6 nitrogen and oxygen atoms in total. The number of likely N-dealkylation sites (tertiary alicyclic amines) is 1. The lowest BCUT2D eigenvalue weighted by Crippen LogP contribution is -2.44. The maximum Gasteiger partial charge on any atom is 0.308 e. The van der Waals surface area contributed by atoms with Crippen molar-refractivity contribution >= 4 is 16.9 Å². The molecule has 1 saturated heterocycles. The number of hydrogen-bond acceptors (Lipinski definition) is 5. The van der Waals surface area contributed by atoms with E-state index in [1.54, 1.807) is 31.8 Å². The van der Waals surface area contributed by atoms with Crippen molar-refractivity contribution in [3.8, 4) is 5.75 Å². The van der Waals surface area contributed by atoms with Crippen molar-refractivity contribution in [2.45, 2.75) is 38.3 Å². The number of ether oxygens (including phenoxy) is 1. The number of aromatic nitrogens is 2. The van der Waals surface area contributed by atoms with Crippen LogP contribution in [0.5, 0.6) is 5.75 Å². The Balaban J connectivity index is 1.34. The quantitative estimate of drug-likeness (QED) is 0.450. The summed E-state index contributed by atoms with van der Waals surface area (Å²) >= 11 is 0. The Morgan fingerprint density at radius 2 is 2.06 bits per heavy atom. The van der Waals surface area contributed by atoms with Crippen LogP contribution in [0, 0.1) is 11.8 Å². The van der Waals surface area contributed by atoms with Gasteiger partial charge in [0.1, 0.15) is 11.9 Å². The number of piperidine rings is 1. The minimum Gasteiger partial charge on any atom is -0.497 e. The zero-order valence-corrected chi connectivity index (χ0v) is 19.6. The summed E-state index contributed by atoms with van der Waals surface area (Å²) in [4.78, 5) is 22.6. The molecule has 0 amide bonds. The Labute approximate surface area is 199 Å². The van der Waals surface area contributed by atoms with Gasteiger partial charge in [0.05, 0.1) is 18.5 Å². The number of pyridine rings is 2. The summed E-state index contributed by atoms with van der Waals surface area (Å²) in [5.41, 5.74) is 2.56. The predicted molar refractivity (Wildman–Crippen MR) is 130 cm³/mol. The molecule has 2 aromatic heterocycles. The van der Waals surface area contributed by atoms with Crippen molar-refractivity contribution in [3.05, 3.63) is 66.1 Å². The Morgan fingerprint density at radius 1 is 1.24 bits per heavy atom. The standard InChI is InChI=1S/C27H32FN3O3/c1-34-21-5-7-26-23(17-21)22(10-14-30-26)25(28)6-4-20-11-16-31(18-24(20)27(32)33)15-2-3-19-8-12-29-13-9-19/h5,7-10,12-14,17,20,24-25H,2-4,6,11,15-16,18H2,1H3,(H,32,33)/t20-,24+,25?/m1/s1. The molecule has 1 aliphatic heterocycles. The fourth-order valence-corrected chi connectivity index (χ4v) is 5.02. The van der Waals surface area contributed by atoms with E-state index in [2.05, 4.69) is 14.9 Å². The number of nitrogens with zero attached hydrogens (tertiary/aromatic N) is 3. The van der Waals surface area contributed by atoms with E-state index >= 15 is 4.39 Å². The van der Waals surface area contributed by atoms with Gasteiger partial charge in [-0.1, -0.05) is 0 Å². The Morgan fingerprint density at radius 3 is 2.82 bits per heavy atom. The maximum absolute atomic E-state index is 15.4. The number of halogens is 1. The molecule has 3 atom stereocenters. The molecule has 3 heterocycles. The summed E-state index contributed by atoms with van der Waals surface area (Å²) in [6, 6.07) is 11.2. The molecule has 0 radical (unpaired) electrons. The Bertz CT molecular complexity index is 1090. The van der Waals surface area contributed by atoms with Crippen molar-refractivity contribution < 1.29 is 19.0 Å². The van der Waals surface area contributed by atoms with E-state index in [0.717, 1.165) is 43.3 Å². The fraction of sp³-hybridized carbons (Fsp3) is 0.444. The van der Waals surface area contributed by atoms with Gasteiger partial charge in [-0.05, 0) is 98.6 Å². The van der Waals surface area contributed by atoms with Crippen molar-refractivity contribution in [2.24, 2.45) is 11.8 Å². The minimum absolute atomic E-state index is 0.0187. The number of benzene rings is 1. The summed E-state index contributed by atoms with van der Waals surface area (Å²) in [6.07, 6.45) is 7.61. The molecule has 1 aromatic carbocycles. The minimum atomic E-state index is -1.18. The van der Waals surface area contributed by atoms with E-state index in [4.69, 9.17) is 4.74 Å². The van der Waals surface area contributed by atoms with Gasteiger partial charge in [0.25, 0.3) is 0 Å². The molecule has 3 aromatic rings. The van der Waals surface area contributed by atoms with Crippen LogP contribution in [0.4, 0.5) is 4.39 Å². The monoisotopic (exact) mass is 465 g/mol. The first-order chi connectivity index (χ1) is 16.5. The van der Waals surface area contributed by atoms with Gasteiger partial charge in [0.2, 0.25) is 0 Å². The van der Waals surface area contributed by atoms with Crippen LogP contribution in [0.2, 0.25) is 0 Å². The van der Waals surface area contributed by atoms with Crippen molar-refractivity contribution in [2.75, 3.05) is 26.7 Å². The molecule has 1 unspecified atom stereocenters. The number of alkyl halides is 1. The molecule has 1 aliphatic rings. The summed E-state index contributed by atoms with van der Waals surface area (Å²) in [5, 5.41) is 10.6. The van der Waals surface area contributed by atoms with Crippen LogP contribution in [-0.2, 0) is 11.2 Å². The second-order valence-corrected chi connectivity index (χ2v) is 9.08. The van der Waals surface area contributed by atoms with Gasteiger partial charge in [-0.3, -0.25) is 14.8 Å². The normalized spacial score (nSPS) is 19.7. The smallest absolute Gasteiger partial charge is 0.308 e. The highest BCUT2D eigenvalue weighted by molar-refractivity contribution is 5.83. The highest BCUT2D eigenvalue weighted by Gasteiger charge is 2.34. The molecule has 7 heteroatoms. The van der Waals surface area contributed by atoms with E-state index in [-0.39, 0.29) is 5.92 Å². The van der Waals surface area contributed by atoms with Gasteiger partial charge in [0.15, 0.2) is 0 Å². The number of aryl methyl sites for hydroxylation is 1. The molecule has 0 saturated carbocycles. The molecular weight excluding hydrogens is 433 g/mol. The van der Waals surface area contributed by atoms with E-state index in [0.29, 0.717) is 30.7 Å². The number of carboxylic acid groups (broad SMARTS) is 1. The molecule has 4 rings (SSSR count). The van der Waals surface area contributed by atoms with E-state index < -0.39 is 18.1 Å². The molecule has 34 heavy (non-hydrogen) atoms. The third-order valence-electron chi connectivity index (χ3n) is 6.96. The first-order valence-corrected chi connectivity index (χ1v) is 12.0. The zero-order chi connectivity index (χ0) is 23.9. The average molecular weight is 466 g/mol. The number of hydrogen-bond donors (Lipinski definition) is 1. The van der Waals surface area contributed by atoms with Crippen LogP contribution in [0.3, 0.4) is 0 Å². The van der Waals surface area contributed by atoms with Crippen LogP contribution in [0.1, 0.15) is 43.0 Å². The number of rotatable bonds is 10. The lowest BCUT2D eigenvalue weighted by atomic mass is 9.81. The van der Waals surface area contributed by atoms with Crippen LogP contribution < -0.4 is 4.74 Å². The first kappa shape index (κ1) is 24.1.